The molecule has 0 bridgehead atoms. The molecule has 0 aromatic carbocycles. The molecular weight excluding hydrogens is 176 g/mol. The number of carboxylic acid groups (broad SMARTS) is 1. The lowest BCUT2D eigenvalue weighted by atomic mass is 10.2. The maximum Gasteiger partial charge on any atom is 0.339 e. The summed E-state index contributed by atoms with van der Waals surface area (Å²) in [5, 5.41) is 14.8. The molecule has 1 aromatic rings. The van der Waals surface area contributed by atoms with Crippen LogP contribution in [0, 0.1) is 0 Å². The van der Waals surface area contributed by atoms with Gasteiger partial charge < -0.3 is 14.6 Å². The van der Waals surface area contributed by atoms with Gasteiger partial charge in [-0.05, 0) is 0 Å². The molecule has 0 aliphatic rings. The van der Waals surface area contributed by atoms with Gasteiger partial charge >= 0.3 is 5.97 Å². The third kappa shape index (κ3) is 1.85. The predicted molar refractivity (Wildman–Crippen MR) is 42.3 cm³/mol. The standard InChI is InChI=1S/C7H10N2O4/c1-12-7(13-2)5-4(6(10)11)3-8-9-5/h3,7H,1-2H3,(H,8,9)(H,10,11). The average Bonchev–Trinajstić information content (AvgIpc) is 2.55. The number of hydrogen-bond donors (Lipinski definition) is 2. The summed E-state index contributed by atoms with van der Waals surface area (Å²) < 4.78 is 9.76. The molecule has 0 amide bonds. The van der Waals surface area contributed by atoms with Crippen molar-refractivity contribution in [1.29, 1.82) is 0 Å². The van der Waals surface area contributed by atoms with E-state index in [0.29, 0.717) is 5.69 Å². The lowest BCUT2D eigenvalue weighted by Crippen LogP contribution is -2.09. The summed E-state index contributed by atoms with van der Waals surface area (Å²) in [5.74, 6) is -1.07. The van der Waals surface area contributed by atoms with Gasteiger partial charge in [0.25, 0.3) is 0 Å². The van der Waals surface area contributed by atoms with Crippen LogP contribution in [0.4, 0.5) is 0 Å². The molecule has 6 nitrogen and oxygen atoms in total. The van der Waals surface area contributed by atoms with E-state index >= 15 is 0 Å². The van der Waals surface area contributed by atoms with Gasteiger partial charge in [0, 0.05) is 14.2 Å². The lowest BCUT2D eigenvalue weighted by molar-refractivity contribution is -0.109. The van der Waals surface area contributed by atoms with Crippen LogP contribution in [0.15, 0.2) is 6.20 Å². The Balaban J connectivity index is 2.98. The smallest absolute Gasteiger partial charge is 0.339 e. The van der Waals surface area contributed by atoms with E-state index in [-0.39, 0.29) is 5.56 Å². The Bertz CT molecular complexity index is 292. The first kappa shape index (κ1) is 9.69. The number of methoxy groups -OCH3 is 2. The van der Waals surface area contributed by atoms with E-state index in [0.717, 1.165) is 0 Å². The van der Waals surface area contributed by atoms with Gasteiger partial charge in [0.2, 0.25) is 6.29 Å². The minimum absolute atomic E-state index is 0.0497. The van der Waals surface area contributed by atoms with Gasteiger partial charge in [0.05, 0.1) is 6.20 Å². The van der Waals surface area contributed by atoms with E-state index in [1.807, 2.05) is 0 Å². The zero-order valence-corrected chi connectivity index (χ0v) is 7.27. The van der Waals surface area contributed by atoms with E-state index in [9.17, 15) is 4.79 Å². The largest absolute Gasteiger partial charge is 0.478 e. The van der Waals surface area contributed by atoms with Crippen LogP contribution in [-0.2, 0) is 9.47 Å². The summed E-state index contributed by atoms with van der Waals surface area (Å²) in [6.45, 7) is 0. The molecule has 0 fully saturated rings. The number of H-pyrrole nitrogens is 1. The van der Waals surface area contributed by atoms with Crippen LogP contribution in [0.5, 0.6) is 0 Å². The second kappa shape index (κ2) is 4.01. The number of aromatic nitrogens is 2. The summed E-state index contributed by atoms with van der Waals surface area (Å²) in [5.41, 5.74) is 0.353. The summed E-state index contributed by atoms with van der Waals surface area (Å²) in [6.07, 6.45) is 0.483. The first-order valence-corrected chi connectivity index (χ1v) is 3.52. The second-order valence-corrected chi connectivity index (χ2v) is 2.31. The molecule has 0 spiro atoms. The number of nitrogens with zero attached hydrogens (tertiary/aromatic N) is 1. The number of nitrogens with one attached hydrogen (secondary N) is 1. The first-order chi connectivity index (χ1) is 6.20. The summed E-state index contributed by atoms with van der Waals surface area (Å²) in [7, 11) is 2.83. The van der Waals surface area contributed by atoms with Crippen LogP contribution in [0.1, 0.15) is 22.3 Å². The Kier molecular flexibility index (Phi) is 2.99. The van der Waals surface area contributed by atoms with Gasteiger partial charge in [-0.2, -0.15) is 5.10 Å². The highest BCUT2D eigenvalue weighted by atomic mass is 16.7. The Hall–Kier alpha value is -1.40. The van der Waals surface area contributed by atoms with Crippen LogP contribution in [0.2, 0.25) is 0 Å². The summed E-state index contributed by atoms with van der Waals surface area (Å²) >= 11 is 0. The molecule has 0 radical (unpaired) electrons. The topological polar surface area (TPSA) is 84.4 Å². The van der Waals surface area contributed by atoms with Crippen molar-refractivity contribution in [3.05, 3.63) is 17.5 Å². The number of ether oxygens (including phenoxy) is 2. The number of carboxylic acids is 1. The summed E-state index contributed by atoms with van der Waals surface area (Å²) in [6, 6.07) is 0. The molecule has 0 unspecified atom stereocenters. The van der Waals surface area contributed by atoms with E-state index in [4.69, 9.17) is 14.6 Å². The fraction of sp³-hybridized carbons (Fsp3) is 0.429. The van der Waals surface area contributed by atoms with Crippen molar-refractivity contribution in [1.82, 2.24) is 10.2 Å². The van der Waals surface area contributed by atoms with Crippen LogP contribution in [0.25, 0.3) is 0 Å². The van der Waals surface area contributed by atoms with Gasteiger partial charge in [-0.15, -0.1) is 0 Å². The molecule has 0 atom stereocenters. The van der Waals surface area contributed by atoms with Crippen molar-refractivity contribution in [2.24, 2.45) is 0 Å². The van der Waals surface area contributed by atoms with Gasteiger partial charge in [-0.1, -0.05) is 0 Å². The highest BCUT2D eigenvalue weighted by molar-refractivity contribution is 5.88. The molecule has 1 heterocycles. The normalized spacial score (nSPS) is 10.7. The Labute approximate surface area is 74.5 Å². The highest BCUT2D eigenvalue weighted by Crippen LogP contribution is 2.18. The molecule has 0 aliphatic heterocycles. The predicted octanol–water partition coefficient (Wildman–Crippen LogP) is 0.399. The van der Waals surface area contributed by atoms with Crippen molar-refractivity contribution in [3.8, 4) is 0 Å². The van der Waals surface area contributed by atoms with Crippen molar-refractivity contribution in [2.75, 3.05) is 14.2 Å². The Morgan fingerprint density at radius 1 is 1.62 bits per heavy atom. The molecule has 72 valence electrons. The van der Waals surface area contributed by atoms with Crippen LogP contribution < -0.4 is 0 Å². The number of rotatable bonds is 4. The number of aromatic amines is 1. The zero-order chi connectivity index (χ0) is 9.84. The third-order valence-corrected chi connectivity index (χ3v) is 1.56. The monoisotopic (exact) mass is 186 g/mol. The fourth-order valence-electron chi connectivity index (χ4n) is 0.978. The molecule has 2 N–H and O–H groups in total. The molecule has 0 saturated heterocycles. The quantitative estimate of drug-likeness (QED) is 0.665. The highest BCUT2D eigenvalue weighted by Gasteiger charge is 2.20. The van der Waals surface area contributed by atoms with Crippen molar-refractivity contribution in [3.63, 3.8) is 0 Å². The maximum atomic E-state index is 10.6. The Morgan fingerprint density at radius 2 is 2.23 bits per heavy atom. The van der Waals surface area contributed by atoms with E-state index in [1.54, 1.807) is 0 Å². The SMILES string of the molecule is COC(OC)c1[nH]ncc1C(=O)O. The molecule has 0 saturated carbocycles. The van der Waals surface area contributed by atoms with Crippen molar-refractivity contribution < 1.29 is 19.4 Å². The molecule has 13 heavy (non-hydrogen) atoms. The second-order valence-electron chi connectivity index (χ2n) is 2.31. The number of aromatic carboxylic acids is 1. The van der Waals surface area contributed by atoms with E-state index in [1.165, 1.54) is 20.4 Å². The molecule has 1 rings (SSSR count). The maximum absolute atomic E-state index is 10.6. The fourth-order valence-corrected chi connectivity index (χ4v) is 0.978. The third-order valence-electron chi connectivity index (χ3n) is 1.56. The van der Waals surface area contributed by atoms with Gasteiger partial charge in [0.15, 0.2) is 0 Å². The van der Waals surface area contributed by atoms with Crippen LogP contribution >= 0.6 is 0 Å². The van der Waals surface area contributed by atoms with Crippen molar-refractivity contribution in [2.45, 2.75) is 6.29 Å². The Morgan fingerprint density at radius 3 is 2.69 bits per heavy atom. The van der Waals surface area contributed by atoms with Gasteiger partial charge in [0.1, 0.15) is 11.3 Å². The number of hydrogen-bond acceptors (Lipinski definition) is 4. The minimum Gasteiger partial charge on any atom is -0.478 e. The average molecular weight is 186 g/mol. The molecule has 1 aromatic heterocycles. The minimum atomic E-state index is -1.07. The van der Waals surface area contributed by atoms with Gasteiger partial charge in [-0.25, -0.2) is 4.79 Å². The van der Waals surface area contributed by atoms with E-state index in [2.05, 4.69) is 10.2 Å². The summed E-state index contributed by atoms with van der Waals surface area (Å²) in [4.78, 5) is 10.6. The molecule has 6 heteroatoms. The number of carbonyl (C=O) groups is 1. The van der Waals surface area contributed by atoms with Gasteiger partial charge in [-0.3, -0.25) is 5.10 Å². The lowest BCUT2D eigenvalue weighted by Gasteiger charge is -2.11. The molecule has 0 aliphatic carbocycles. The van der Waals surface area contributed by atoms with Crippen LogP contribution in [0.3, 0.4) is 0 Å². The van der Waals surface area contributed by atoms with Crippen LogP contribution in [-0.4, -0.2) is 35.5 Å². The molecular formula is C7H10N2O4. The zero-order valence-electron chi connectivity index (χ0n) is 7.27. The first-order valence-electron chi connectivity index (χ1n) is 3.52. The van der Waals surface area contributed by atoms with E-state index < -0.39 is 12.3 Å². The van der Waals surface area contributed by atoms with Crippen molar-refractivity contribution >= 4 is 5.97 Å².